The zero-order chi connectivity index (χ0) is 17.8. The number of aryl methyl sites for hydroxylation is 1. The van der Waals surface area contributed by atoms with Crippen LogP contribution in [-0.2, 0) is 11.3 Å². The number of hydrogen-bond donors (Lipinski definition) is 1. The van der Waals surface area contributed by atoms with Crippen molar-refractivity contribution in [3.63, 3.8) is 0 Å². The average molecular weight is 366 g/mol. The smallest absolute Gasteiger partial charge is 0.194 e. The van der Waals surface area contributed by atoms with Crippen molar-refractivity contribution < 1.29 is 4.74 Å². The van der Waals surface area contributed by atoms with Crippen molar-refractivity contribution in [1.82, 2.24) is 20.1 Å². The van der Waals surface area contributed by atoms with E-state index in [-0.39, 0.29) is 0 Å². The molecule has 0 aromatic carbocycles. The van der Waals surface area contributed by atoms with E-state index in [1.54, 1.807) is 11.3 Å². The third-order valence-corrected chi connectivity index (χ3v) is 6.04. The van der Waals surface area contributed by atoms with Crippen LogP contribution in [-0.4, -0.2) is 73.2 Å². The van der Waals surface area contributed by atoms with E-state index in [0.29, 0.717) is 12.0 Å². The number of aliphatic imine (C=N–C) groups is 1. The molecular weight excluding hydrogens is 334 g/mol. The van der Waals surface area contributed by atoms with Gasteiger partial charge >= 0.3 is 0 Å². The molecule has 0 spiro atoms. The van der Waals surface area contributed by atoms with E-state index in [1.807, 2.05) is 7.05 Å². The van der Waals surface area contributed by atoms with E-state index < -0.39 is 0 Å². The molecule has 140 valence electrons. The fraction of sp³-hybridized carbons (Fsp3) is 0.778. The highest BCUT2D eigenvalue weighted by atomic mass is 32.1. The van der Waals surface area contributed by atoms with Crippen LogP contribution in [0.3, 0.4) is 0 Å². The van der Waals surface area contributed by atoms with Crippen LogP contribution >= 0.6 is 11.3 Å². The Balaban J connectivity index is 1.54. The van der Waals surface area contributed by atoms with E-state index in [9.17, 15) is 0 Å². The molecule has 2 aliphatic rings. The van der Waals surface area contributed by atoms with Crippen LogP contribution in [0.15, 0.2) is 4.99 Å². The first-order chi connectivity index (χ1) is 12.1. The molecule has 2 aliphatic heterocycles. The second-order valence-electron chi connectivity index (χ2n) is 7.14. The van der Waals surface area contributed by atoms with E-state index in [0.717, 1.165) is 56.9 Å². The Hall–Kier alpha value is -1.18. The first-order valence-electron chi connectivity index (χ1n) is 9.32. The predicted octanol–water partition coefficient (Wildman–Crippen LogP) is 2.06. The van der Waals surface area contributed by atoms with Crippen molar-refractivity contribution in [2.24, 2.45) is 4.99 Å². The van der Waals surface area contributed by atoms with Crippen LogP contribution in [0.5, 0.6) is 0 Å². The highest BCUT2D eigenvalue weighted by molar-refractivity contribution is 7.11. The molecule has 2 saturated heterocycles. The maximum Gasteiger partial charge on any atom is 0.194 e. The number of guanidine groups is 1. The fourth-order valence-corrected chi connectivity index (χ4v) is 4.77. The topological polar surface area (TPSA) is 53.0 Å². The minimum absolute atomic E-state index is 0.483. The second-order valence-corrected chi connectivity index (χ2v) is 8.43. The molecule has 1 aromatic heterocycles. The molecule has 1 atom stereocenters. The Labute approximate surface area is 155 Å². The first kappa shape index (κ1) is 18.6. The summed E-state index contributed by atoms with van der Waals surface area (Å²) in [5.74, 6) is 1.48. The van der Waals surface area contributed by atoms with Gasteiger partial charge in [0.15, 0.2) is 5.96 Å². The van der Waals surface area contributed by atoms with Gasteiger partial charge in [0.05, 0.1) is 25.5 Å². The zero-order valence-electron chi connectivity index (χ0n) is 15.9. The van der Waals surface area contributed by atoms with Gasteiger partial charge in [0.25, 0.3) is 0 Å². The van der Waals surface area contributed by atoms with Gasteiger partial charge in [0.2, 0.25) is 0 Å². The summed E-state index contributed by atoms with van der Waals surface area (Å²) in [5.41, 5.74) is 1.23. The summed E-state index contributed by atoms with van der Waals surface area (Å²) in [5, 5.41) is 4.66. The molecule has 0 bridgehead atoms. The van der Waals surface area contributed by atoms with E-state index in [2.05, 4.69) is 40.9 Å². The normalized spacial score (nSPS) is 22.8. The predicted molar refractivity (Wildman–Crippen MR) is 104 cm³/mol. The lowest BCUT2D eigenvalue weighted by molar-refractivity contribution is 0.0195. The number of hydrogen-bond acceptors (Lipinski definition) is 5. The summed E-state index contributed by atoms with van der Waals surface area (Å²) in [6, 6.07) is 0.622. The molecule has 0 saturated carbocycles. The van der Waals surface area contributed by atoms with Gasteiger partial charge in [0.1, 0.15) is 5.01 Å². The molecule has 1 aromatic rings. The number of morpholine rings is 1. The van der Waals surface area contributed by atoms with Gasteiger partial charge in [-0.15, -0.1) is 11.3 Å². The molecule has 1 unspecified atom stereocenters. The fourth-order valence-electron chi connectivity index (χ4n) is 3.74. The van der Waals surface area contributed by atoms with Gasteiger partial charge in [-0.05, 0) is 19.3 Å². The molecule has 0 amide bonds. The molecular formula is C18H31N5OS. The van der Waals surface area contributed by atoms with Crippen molar-refractivity contribution >= 4 is 17.3 Å². The monoisotopic (exact) mass is 365 g/mol. The lowest BCUT2D eigenvalue weighted by Crippen LogP contribution is -2.46. The quantitative estimate of drug-likeness (QED) is 0.654. The highest BCUT2D eigenvalue weighted by Crippen LogP contribution is 2.24. The molecule has 0 aliphatic carbocycles. The number of rotatable bonds is 4. The largest absolute Gasteiger partial charge is 0.379 e. The maximum absolute atomic E-state index is 5.47. The SMILES string of the molecule is CN=C(NCc1nc(C(C)C)c(C)s1)N1CCC(N2CCOCC2)C1. The number of nitrogens with one attached hydrogen (secondary N) is 1. The van der Waals surface area contributed by atoms with Crippen LogP contribution in [0.2, 0.25) is 0 Å². The Bertz CT molecular complexity index is 594. The van der Waals surface area contributed by atoms with Gasteiger partial charge in [0, 0.05) is 44.1 Å². The van der Waals surface area contributed by atoms with Gasteiger partial charge in [-0.2, -0.15) is 0 Å². The first-order valence-corrected chi connectivity index (χ1v) is 10.1. The van der Waals surface area contributed by atoms with Crippen molar-refractivity contribution in [3.8, 4) is 0 Å². The Morgan fingerprint density at radius 3 is 2.76 bits per heavy atom. The number of nitrogens with zero attached hydrogens (tertiary/aromatic N) is 4. The molecule has 25 heavy (non-hydrogen) atoms. The summed E-state index contributed by atoms with van der Waals surface area (Å²) in [4.78, 5) is 15.6. The summed E-state index contributed by atoms with van der Waals surface area (Å²) in [7, 11) is 1.87. The van der Waals surface area contributed by atoms with Crippen LogP contribution in [0, 0.1) is 6.92 Å². The third-order valence-electron chi connectivity index (χ3n) is 5.06. The van der Waals surface area contributed by atoms with Crippen molar-refractivity contribution in [2.45, 2.75) is 45.7 Å². The van der Waals surface area contributed by atoms with Gasteiger partial charge in [-0.3, -0.25) is 9.89 Å². The van der Waals surface area contributed by atoms with Crippen LogP contribution in [0.1, 0.15) is 41.8 Å². The number of likely N-dealkylation sites (tertiary alicyclic amines) is 1. The van der Waals surface area contributed by atoms with Crippen LogP contribution < -0.4 is 5.32 Å². The van der Waals surface area contributed by atoms with Crippen molar-refractivity contribution in [3.05, 3.63) is 15.6 Å². The lowest BCUT2D eigenvalue weighted by atomic mass is 10.1. The molecule has 6 nitrogen and oxygen atoms in total. The maximum atomic E-state index is 5.47. The highest BCUT2D eigenvalue weighted by Gasteiger charge is 2.30. The zero-order valence-corrected chi connectivity index (χ0v) is 16.7. The number of aromatic nitrogens is 1. The standard InChI is InChI=1S/C18H31N5OS/c1-13(2)17-14(3)25-16(21-17)11-20-18(19-4)23-6-5-15(12-23)22-7-9-24-10-8-22/h13,15H,5-12H2,1-4H3,(H,19,20). The molecule has 3 rings (SSSR count). The lowest BCUT2D eigenvalue weighted by Gasteiger charge is -2.32. The average Bonchev–Trinajstić information content (AvgIpc) is 3.23. The number of ether oxygens (including phenoxy) is 1. The summed E-state index contributed by atoms with van der Waals surface area (Å²) >= 11 is 1.79. The van der Waals surface area contributed by atoms with Crippen molar-refractivity contribution in [1.29, 1.82) is 0 Å². The van der Waals surface area contributed by atoms with Crippen molar-refractivity contribution in [2.75, 3.05) is 46.4 Å². The second kappa shape index (κ2) is 8.47. The van der Waals surface area contributed by atoms with E-state index in [1.165, 1.54) is 17.0 Å². The third kappa shape index (κ3) is 4.51. The van der Waals surface area contributed by atoms with Crippen LogP contribution in [0.25, 0.3) is 0 Å². The Kier molecular flexibility index (Phi) is 6.30. The molecule has 7 heteroatoms. The van der Waals surface area contributed by atoms with Crippen LogP contribution in [0.4, 0.5) is 0 Å². The van der Waals surface area contributed by atoms with Gasteiger partial charge < -0.3 is 15.0 Å². The number of thiazole rings is 1. The summed E-state index contributed by atoms with van der Waals surface area (Å²) in [6.07, 6.45) is 1.20. The minimum Gasteiger partial charge on any atom is -0.379 e. The molecule has 0 radical (unpaired) electrons. The summed E-state index contributed by atoms with van der Waals surface area (Å²) in [6.45, 7) is 13.3. The van der Waals surface area contributed by atoms with Gasteiger partial charge in [-0.1, -0.05) is 13.8 Å². The Morgan fingerprint density at radius 1 is 1.36 bits per heavy atom. The molecule has 3 heterocycles. The van der Waals surface area contributed by atoms with E-state index >= 15 is 0 Å². The molecule has 2 fully saturated rings. The minimum atomic E-state index is 0.483. The Morgan fingerprint density at radius 2 is 2.12 bits per heavy atom. The summed E-state index contributed by atoms with van der Waals surface area (Å²) < 4.78 is 5.47. The van der Waals surface area contributed by atoms with Gasteiger partial charge in [-0.25, -0.2) is 4.98 Å². The molecule has 1 N–H and O–H groups in total. The van der Waals surface area contributed by atoms with E-state index in [4.69, 9.17) is 9.72 Å².